The van der Waals surface area contributed by atoms with E-state index in [1.807, 2.05) is 18.3 Å². The third-order valence-electron chi connectivity index (χ3n) is 5.88. The summed E-state index contributed by atoms with van der Waals surface area (Å²) >= 11 is 0. The van der Waals surface area contributed by atoms with Crippen LogP contribution in [0.5, 0.6) is 5.75 Å². The van der Waals surface area contributed by atoms with Crippen molar-refractivity contribution in [3.05, 3.63) is 54.4 Å². The zero-order valence-corrected chi connectivity index (χ0v) is 17.9. The third-order valence-corrected chi connectivity index (χ3v) is 5.88. The minimum atomic E-state index is -4.49. The van der Waals surface area contributed by atoms with Crippen LogP contribution in [0.25, 0.3) is 0 Å². The largest absolute Gasteiger partial charge is 0.490 e. The van der Waals surface area contributed by atoms with Gasteiger partial charge in [-0.25, -0.2) is 4.79 Å². The molecule has 1 aromatic carbocycles. The average molecular weight is 462 g/mol. The van der Waals surface area contributed by atoms with Gasteiger partial charge in [0.2, 0.25) is 5.91 Å². The Morgan fingerprint density at radius 3 is 2.36 bits per heavy atom. The number of carbonyl (C=O) groups is 2. The second-order valence-corrected chi connectivity index (χ2v) is 8.33. The molecular formula is C23H25F3N4O3. The number of hydrogen-bond donors (Lipinski definition) is 1. The van der Waals surface area contributed by atoms with Crippen molar-refractivity contribution in [2.75, 3.05) is 31.5 Å². The van der Waals surface area contributed by atoms with Gasteiger partial charge in [0.05, 0.1) is 0 Å². The zero-order valence-electron chi connectivity index (χ0n) is 17.9. The van der Waals surface area contributed by atoms with E-state index >= 15 is 0 Å². The summed E-state index contributed by atoms with van der Waals surface area (Å²) in [7, 11) is 0. The number of hydrogen-bond acceptors (Lipinski definition) is 4. The molecule has 2 saturated heterocycles. The van der Waals surface area contributed by atoms with Crippen LogP contribution in [0, 0.1) is 0 Å². The van der Waals surface area contributed by atoms with E-state index in [0.29, 0.717) is 43.3 Å². The van der Waals surface area contributed by atoms with Crippen molar-refractivity contribution in [1.82, 2.24) is 14.8 Å². The maximum absolute atomic E-state index is 12.4. The van der Waals surface area contributed by atoms with E-state index in [4.69, 9.17) is 4.74 Å². The van der Waals surface area contributed by atoms with E-state index in [0.717, 1.165) is 5.56 Å². The molecular weight excluding hydrogens is 437 g/mol. The predicted octanol–water partition coefficient (Wildman–Crippen LogP) is 4.04. The second-order valence-electron chi connectivity index (χ2n) is 8.33. The van der Waals surface area contributed by atoms with Crippen molar-refractivity contribution in [3.63, 3.8) is 0 Å². The van der Waals surface area contributed by atoms with Crippen LogP contribution in [0.3, 0.4) is 0 Å². The summed E-state index contributed by atoms with van der Waals surface area (Å²) in [5.41, 5.74) is 1.77. The number of anilines is 1. The molecule has 10 heteroatoms. The molecule has 0 radical (unpaired) electrons. The average Bonchev–Trinajstić information content (AvgIpc) is 2.74. The SMILES string of the molecule is O=C(CC(F)(F)F)N1CCC(Oc2ccc(NC(=O)N3CC(c4cccnc4)C3)cc2)CC1. The Labute approximate surface area is 189 Å². The third kappa shape index (κ3) is 6.15. The van der Waals surface area contributed by atoms with Gasteiger partial charge < -0.3 is 19.9 Å². The molecule has 176 valence electrons. The fourth-order valence-electron chi connectivity index (χ4n) is 3.99. The number of aromatic nitrogens is 1. The van der Waals surface area contributed by atoms with E-state index in [9.17, 15) is 22.8 Å². The minimum Gasteiger partial charge on any atom is -0.490 e. The number of carbonyl (C=O) groups excluding carboxylic acids is 2. The lowest BCUT2D eigenvalue weighted by Gasteiger charge is -2.39. The number of ether oxygens (including phenoxy) is 1. The highest BCUT2D eigenvalue weighted by Gasteiger charge is 2.35. The molecule has 33 heavy (non-hydrogen) atoms. The Morgan fingerprint density at radius 2 is 1.76 bits per heavy atom. The molecule has 0 spiro atoms. The Balaban J connectivity index is 1.19. The summed E-state index contributed by atoms with van der Waals surface area (Å²) in [5.74, 6) is 0.0130. The molecule has 1 aromatic heterocycles. The van der Waals surface area contributed by atoms with Crippen molar-refractivity contribution in [2.45, 2.75) is 37.5 Å². The first-order valence-corrected chi connectivity index (χ1v) is 10.8. The fourth-order valence-corrected chi connectivity index (χ4v) is 3.99. The molecule has 0 unspecified atom stereocenters. The van der Waals surface area contributed by atoms with Crippen LogP contribution in [0.15, 0.2) is 48.8 Å². The monoisotopic (exact) mass is 462 g/mol. The number of halogens is 3. The topological polar surface area (TPSA) is 74.8 Å². The maximum atomic E-state index is 12.4. The first kappa shape index (κ1) is 22.9. The molecule has 1 N–H and O–H groups in total. The Bertz CT molecular complexity index is 955. The number of nitrogens with zero attached hydrogens (tertiary/aromatic N) is 3. The summed E-state index contributed by atoms with van der Waals surface area (Å²) < 4.78 is 43.1. The zero-order chi connectivity index (χ0) is 23.4. The molecule has 0 aliphatic carbocycles. The van der Waals surface area contributed by atoms with Crippen LogP contribution in [-0.2, 0) is 4.79 Å². The summed E-state index contributed by atoms with van der Waals surface area (Å²) in [4.78, 5) is 31.2. The summed E-state index contributed by atoms with van der Waals surface area (Å²) in [6.45, 7) is 1.76. The van der Waals surface area contributed by atoms with Gasteiger partial charge in [-0.05, 0) is 35.9 Å². The number of rotatable bonds is 5. The molecule has 0 bridgehead atoms. The molecule has 0 saturated carbocycles. The van der Waals surface area contributed by atoms with Crippen molar-refractivity contribution >= 4 is 17.6 Å². The Hall–Kier alpha value is -3.30. The van der Waals surface area contributed by atoms with E-state index in [2.05, 4.69) is 10.3 Å². The van der Waals surface area contributed by atoms with Gasteiger partial charge in [-0.1, -0.05) is 6.07 Å². The highest BCUT2D eigenvalue weighted by atomic mass is 19.4. The number of amides is 3. The number of benzene rings is 1. The van der Waals surface area contributed by atoms with E-state index in [1.54, 1.807) is 35.4 Å². The molecule has 3 amide bonds. The first-order chi connectivity index (χ1) is 15.8. The Kier molecular flexibility index (Phi) is 6.71. The molecule has 2 aliphatic rings. The van der Waals surface area contributed by atoms with Crippen molar-refractivity contribution in [2.24, 2.45) is 0 Å². The van der Waals surface area contributed by atoms with Crippen molar-refractivity contribution < 1.29 is 27.5 Å². The van der Waals surface area contributed by atoms with Gasteiger partial charge in [0.15, 0.2) is 0 Å². The number of alkyl halides is 3. The Morgan fingerprint density at radius 1 is 1.06 bits per heavy atom. The lowest BCUT2D eigenvalue weighted by molar-refractivity contribution is -0.162. The van der Waals surface area contributed by atoms with Gasteiger partial charge >= 0.3 is 12.2 Å². The van der Waals surface area contributed by atoms with Crippen LogP contribution in [0.2, 0.25) is 0 Å². The summed E-state index contributed by atoms with van der Waals surface area (Å²) in [6.07, 6.45) is -1.60. The normalized spacial score (nSPS) is 17.4. The molecule has 7 nitrogen and oxygen atoms in total. The van der Waals surface area contributed by atoms with Gasteiger partial charge in [0.1, 0.15) is 18.3 Å². The molecule has 2 aliphatic heterocycles. The second kappa shape index (κ2) is 9.68. The molecule has 3 heterocycles. The van der Waals surface area contributed by atoms with Crippen LogP contribution >= 0.6 is 0 Å². The number of likely N-dealkylation sites (tertiary alicyclic amines) is 2. The van der Waals surface area contributed by atoms with Gasteiger partial charge in [-0.3, -0.25) is 9.78 Å². The van der Waals surface area contributed by atoms with E-state index < -0.39 is 18.5 Å². The summed E-state index contributed by atoms with van der Waals surface area (Å²) in [5, 5.41) is 2.86. The smallest absolute Gasteiger partial charge is 0.397 e. The number of urea groups is 1. The highest BCUT2D eigenvalue weighted by molar-refractivity contribution is 5.90. The fraction of sp³-hybridized carbons (Fsp3) is 0.435. The minimum absolute atomic E-state index is 0.167. The van der Waals surface area contributed by atoms with Crippen LogP contribution in [-0.4, -0.2) is 65.2 Å². The highest BCUT2D eigenvalue weighted by Crippen LogP contribution is 2.28. The molecule has 0 atom stereocenters. The number of piperidine rings is 1. The number of nitrogens with one attached hydrogen (secondary N) is 1. The maximum Gasteiger partial charge on any atom is 0.397 e. The molecule has 4 rings (SSSR count). The van der Waals surface area contributed by atoms with Gasteiger partial charge in [0.25, 0.3) is 0 Å². The predicted molar refractivity (Wildman–Crippen MR) is 115 cm³/mol. The first-order valence-electron chi connectivity index (χ1n) is 10.8. The molecule has 2 aromatic rings. The van der Waals surface area contributed by atoms with Crippen LogP contribution < -0.4 is 10.1 Å². The van der Waals surface area contributed by atoms with E-state index in [1.165, 1.54) is 4.90 Å². The van der Waals surface area contributed by atoms with Crippen LogP contribution in [0.1, 0.15) is 30.7 Å². The summed E-state index contributed by atoms with van der Waals surface area (Å²) in [6, 6.07) is 10.7. The van der Waals surface area contributed by atoms with Gasteiger partial charge in [0, 0.05) is 63.0 Å². The quantitative estimate of drug-likeness (QED) is 0.728. The lowest BCUT2D eigenvalue weighted by atomic mass is 9.93. The van der Waals surface area contributed by atoms with E-state index in [-0.39, 0.29) is 25.2 Å². The van der Waals surface area contributed by atoms with Crippen molar-refractivity contribution in [3.8, 4) is 5.75 Å². The number of pyridine rings is 1. The van der Waals surface area contributed by atoms with Crippen LogP contribution in [0.4, 0.5) is 23.7 Å². The standard InChI is InChI=1S/C23H25F3N4O3/c24-23(25,26)12-21(31)29-10-7-20(8-11-29)33-19-5-3-18(4-6-19)28-22(32)30-14-17(15-30)16-2-1-9-27-13-16/h1-6,9,13,17,20H,7-8,10-12,14-15H2,(H,28,32). The van der Waals surface area contributed by atoms with Gasteiger partial charge in [-0.15, -0.1) is 0 Å². The lowest BCUT2D eigenvalue weighted by Crippen LogP contribution is -2.50. The molecule has 2 fully saturated rings. The van der Waals surface area contributed by atoms with Gasteiger partial charge in [-0.2, -0.15) is 13.2 Å². The van der Waals surface area contributed by atoms with Crippen molar-refractivity contribution in [1.29, 1.82) is 0 Å².